The van der Waals surface area contributed by atoms with E-state index in [1.165, 1.54) is 77.3 Å². The van der Waals surface area contributed by atoms with Gasteiger partial charge in [0.1, 0.15) is 23.0 Å². The second-order valence-electron chi connectivity index (χ2n) is 24.5. The van der Waals surface area contributed by atoms with E-state index in [-0.39, 0.29) is 6.71 Å². The van der Waals surface area contributed by atoms with Crippen molar-refractivity contribution in [3.8, 4) is 107 Å². The van der Waals surface area contributed by atoms with E-state index in [9.17, 15) is 0 Å². The third-order valence-corrected chi connectivity index (χ3v) is 19.2. The zero-order valence-electron chi connectivity index (χ0n) is 51.6. The molecule has 0 N–H and O–H groups in total. The van der Waals surface area contributed by atoms with E-state index in [0.717, 1.165) is 73.0 Å². The summed E-state index contributed by atoms with van der Waals surface area (Å²) < 4.78 is 15.7. The first-order valence-electron chi connectivity index (χ1n) is 32.3. The highest BCUT2D eigenvalue weighted by molar-refractivity contribution is 6.98. The molecule has 0 amide bonds. The molecule has 444 valence electrons. The van der Waals surface area contributed by atoms with Gasteiger partial charge in [0.05, 0.1) is 22.1 Å². The van der Waals surface area contributed by atoms with Gasteiger partial charge >= 0.3 is 0 Å². The van der Waals surface area contributed by atoms with Crippen LogP contribution in [0.3, 0.4) is 0 Å². The normalized spacial score (nSPS) is 12.7. The third kappa shape index (κ3) is 9.38. The lowest BCUT2D eigenvalue weighted by atomic mass is 9.35. The molecule has 7 heteroatoms. The number of fused-ring (bicyclic) bond motifs is 10. The Bertz CT molecular complexity index is 5380. The molecule has 0 radical (unpaired) electrons. The molecule has 0 saturated carbocycles. The Balaban J connectivity index is 0.000000139. The van der Waals surface area contributed by atoms with Gasteiger partial charge in [0.2, 0.25) is 0 Å². The number of hydrogen-bond donors (Lipinski definition) is 0. The Morgan fingerprint density at radius 1 is 0.284 bits per heavy atom. The standard InChI is InChI=1S/C46H31N3.C42H26BNO2/c1-5-16-32(17-6-1)33-28-30-35(31-29-33)44-47-43(34-18-7-2-8-19-34)48-45(49-44)39-25-15-27-41-42(39)38-24-13-14-26-40(38)46(41,36-20-9-3-10-21-36)37-22-11-4-12-23-37;1-3-11-27(12-4-1)29-19-21-36-32(23-29)33-24-30(28-13-5-2-6-14-28)20-22-37(33)44(36)31-25-40-42-41(26-31)46-39-18-10-8-16-35(39)43(42)34-15-7-9-17-38(34)45-40/h1-31H;1-26H. The fourth-order valence-corrected chi connectivity index (χ4v) is 14.9. The van der Waals surface area contributed by atoms with Crippen molar-refractivity contribution < 1.29 is 9.47 Å². The Morgan fingerprint density at radius 3 is 1.19 bits per heavy atom. The van der Waals surface area contributed by atoms with Gasteiger partial charge in [0.25, 0.3) is 6.71 Å². The summed E-state index contributed by atoms with van der Waals surface area (Å²) in [5.41, 5.74) is 23.5. The summed E-state index contributed by atoms with van der Waals surface area (Å²) >= 11 is 0. The maximum absolute atomic E-state index is 6.66. The van der Waals surface area contributed by atoms with Crippen molar-refractivity contribution in [2.45, 2.75) is 5.41 Å². The molecule has 0 saturated heterocycles. The molecule has 0 unspecified atom stereocenters. The molecule has 1 aliphatic carbocycles. The first-order chi connectivity index (χ1) is 47.1. The van der Waals surface area contributed by atoms with Crippen LogP contribution < -0.4 is 25.9 Å². The zero-order chi connectivity index (χ0) is 62.8. The van der Waals surface area contributed by atoms with Crippen molar-refractivity contribution in [2.24, 2.45) is 0 Å². The molecule has 2 aromatic heterocycles. The maximum Gasteiger partial charge on any atom is 0.260 e. The van der Waals surface area contributed by atoms with Crippen molar-refractivity contribution in [2.75, 3.05) is 0 Å². The highest BCUT2D eigenvalue weighted by Gasteiger charge is 2.47. The summed E-state index contributed by atoms with van der Waals surface area (Å²) in [7, 11) is 0. The molecule has 0 fully saturated rings. The van der Waals surface area contributed by atoms with Crippen LogP contribution in [0.1, 0.15) is 22.3 Å². The lowest BCUT2D eigenvalue weighted by molar-refractivity contribution is 0.464. The molecule has 4 heterocycles. The molecule has 0 atom stereocenters. The third-order valence-electron chi connectivity index (χ3n) is 19.2. The Labute approximate surface area is 551 Å². The van der Waals surface area contributed by atoms with E-state index in [2.05, 4.69) is 314 Å². The average Bonchev–Trinajstić information content (AvgIpc) is 1.56. The van der Waals surface area contributed by atoms with Gasteiger partial charge in [0, 0.05) is 45.1 Å². The first kappa shape index (κ1) is 55.4. The van der Waals surface area contributed by atoms with E-state index < -0.39 is 5.41 Å². The highest BCUT2D eigenvalue weighted by atomic mass is 16.5. The van der Waals surface area contributed by atoms with Crippen molar-refractivity contribution in [1.82, 2.24) is 19.5 Å². The predicted octanol–water partition coefficient (Wildman–Crippen LogP) is 19.7. The van der Waals surface area contributed by atoms with Crippen molar-refractivity contribution in [3.05, 3.63) is 368 Å². The molecule has 3 aliphatic rings. The molecule has 6 nitrogen and oxygen atoms in total. The predicted molar refractivity (Wildman–Crippen MR) is 388 cm³/mol. The van der Waals surface area contributed by atoms with Crippen molar-refractivity contribution >= 4 is 44.9 Å². The number of nitrogens with zero attached hydrogens (tertiary/aromatic N) is 4. The lowest BCUT2D eigenvalue weighted by Gasteiger charge is -2.33. The summed E-state index contributed by atoms with van der Waals surface area (Å²) in [6.45, 7) is 0.0500. The van der Waals surface area contributed by atoms with Crippen molar-refractivity contribution in [3.63, 3.8) is 0 Å². The van der Waals surface area contributed by atoms with E-state index in [1.54, 1.807) is 0 Å². The summed E-state index contributed by atoms with van der Waals surface area (Å²) in [5, 5.41) is 2.41. The second-order valence-corrected chi connectivity index (χ2v) is 24.5. The molecule has 95 heavy (non-hydrogen) atoms. The molecular formula is C88H57BN4O2. The van der Waals surface area contributed by atoms with Crippen LogP contribution in [-0.2, 0) is 5.41 Å². The first-order valence-corrected chi connectivity index (χ1v) is 32.3. The van der Waals surface area contributed by atoms with Gasteiger partial charge < -0.3 is 14.0 Å². The van der Waals surface area contributed by atoms with E-state index >= 15 is 0 Å². The van der Waals surface area contributed by atoms with Crippen LogP contribution >= 0.6 is 0 Å². The number of ether oxygens (including phenoxy) is 2. The van der Waals surface area contributed by atoms with E-state index in [4.69, 9.17) is 24.4 Å². The van der Waals surface area contributed by atoms with Crippen molar-refractivity contribution in [1.29, 1.82) is 0 Å². The smallest absolute Gasteiger partial charge is 0.260 e. The molecular weight excluding hydrogens is 1160 g/mol. The fraction of sp³-hybridized carbons (Fsp3) is 0.0114. The molecule has 19 rings (SSSR count). The van der Waals surface area contributed by atoms with Crippen LogP contribution in [0, 0.1) is 0 Å². The lowest BCUT2D eigenvalue weighted by Crippen LogP contribution is -2.57. The van der Waals surface area contributed by atoms with Crippen LogP contribution in [0.2, 0.25) is 0 Å². The van der Waals surface area contributed by atoms with E-state index in [0.29, 0.717) is 17.5 Å². The van der Waals surface area contributed by atoms with Gasteiger partial charge in [-0.3, -0.25) is 0 Å². The second kappa shape index (κ2) is 23.0. The molecule has 16 aromatic rings. The summed E-state index contributed by atoms with van der Waals surface area (Å²) in [6.07, 6.45) is 0. The van der Waals surface area contributed by atoms with Gasteiger partial charge in [-0.15, -0.1) is 0 Å². The Hall–Kier alpha value is -12.4. The number of para-hydroxylation sites is 2. The van der Waals surface area contributed by atoms with Crippen LogP contribution in [0.4, 0.5) is 0 Å². The van der Waals surface area contributed by atoms with Gasteiger partial charge in [-0.1, -0.05) is 297 Å². The molecule has 0 bridgehead atoms. The highest BCUT2D eigenvalue weighted by Crippen LogP contribution is 2.58. The average molecular weight is 1210 g/mol. The largest absolute Gasteiger partial charge is 0.458 e. The minimum Gasteiger partial charge on any atom is -0.458 e. The van der Waals surface area contributed by atoms with Gasteiger partial charge in [-0.2, -0.15) is 0 Å². The van der Waals surface area contributed by atoms with Crippen LogP contribution in [-0.4, -0.2) is 26.2 Å². The number of rotatable bonds is 9. The summed E-state index contributed by atoms with van der Waals surface area (Å²) in [6, 6.07) is 122. The Kier molecular flexibility index (Phi) is 13.4. The fourth-order valence-electron chi connectivity index (χ4n) is 14.9. The molecule has 2 aliphatic heterocycles. The Morgan fingerprint density at radius 2 is 0.663 bits per heavy atom. The van der Waals surface area contributed by atoms with Crippen LogP contribution in [0.15, 0.2) is 346 Å². The van der Waals surface area contributed by atoms with Gasteiger partial charge in [-0.05, 0) is 114 Å². The topological polar surface area (TPSA) is 62.1 Å². The number of aromatic nitrogens is 4. The number of benzene rings is 14. The molecule has 14 aromatic carbocycles. The van der Waals surface area contributed by atoms with Crippen LogP contribution in [0.25, 0.3) is 106 Å². The van der Waals surface area contributed by atoms with E-state index in [1.807, 2.05) is 36.4 Å². The zero-order valence-corrected chi connectivity index (χ0v) is 51.6. The number of hydrogen-bond acceptors (Lipinski definition) is 5. The molecule has 0 spiro atoms. The summed E-state index contributed by atoms with van der Waals surface area (Å²) in [5.74, 6) is 5.40. The monoisotopic (exact) mass is 1210 g/mol. The maximum atomic E-state index is 6.66. The van der Waals surface area contributed by atoms with Gasteiger partial charge in [0.15, 0.2) is 17.5 Å². The minimum absolute atomic E-state index is 0.0500. The quantitative estimate of drug-likeness (QED) is 0.135. The van der Waals surface area contributed by atoms with Gasteiger partial charge in [-0.25, -0.2) is 15.0 Å². The minimum atomic E-state index is -0.504. The van der Waals surface area contributed by atoms with Crippen LogP contribution in [0.5, 0.6) is 23.0 Å². The summed E-state index contributed by atoms with van der Waals surface area (Å²) in [4.78, 5) is 15.5. The SMILES string of the molecule is c1ccc(-c2ccc(-c3nc(-c4ccccc4)nc(-c4cccc5c4-c4ccccc4C5(c4ccccc4)c4ccccc4)n3)cc2)cc1.c1ccc(-c2ccc3c(c2)c2cc(-c4ccccc4)ccc2n3-c2cc3c4c(c2)Oc2ccccc2B4c2ccccc2O3)cc1.